The molecule has 2 saturated heterocycles. The van der Waals surface area contributed by atoms with E-state index in [0.717, 1.165) is 0 Å². The molecule has 72 valence electrons. The van der Waals surface area contributed by atoms with Gasteiger partial charge in [-0.05, 0) is 5.53 Å². The standard InChI is InChI=1S/C6H9N3O4/c7-9-8-3-5(11)4(10)2-1-12-6(3)13-2/h2-6,10-11H,1H2. The average molecular weight is 187 g/mol. The molecule has 7 nitrogen and oxygen atoms in total. The van der Waals surface area contributed by atoms with Gasteiger partial charge in [-0.15, -0.1) is 0 Å². The zero-order chi connectivity index (χ0) is 9.42. The van der Waals surface area contributed by atoms with Gasteiger partial charge in [-0.2, -0.15) is 0 Å². The largest absolute Gasteiger partial charge is 0.390 e. The van der Waals surface area contributed by atoms with E-state index in [1.54, 1.807) is 0 Å². The summed E-state index contributed by atoms with van der Waals surface area (Å²) in [4.78, 5) is 2.55. The van der Waals surface area contributed by atoms with Gasteiger partial charge in [0.05, 0.1) is 12.7 Å². The molecule has 0 radical (unpaired) electrons. The molecule has 2 bridgehead atoms. The van der Waals surface area contributed by atoms with E-state index in [2.05, 4.69) is 10.0 Å². The summed E-state index contributed by atoms with van der Waals surface area (Å²) in [7, 11) is 0. The fourth-order valence-corrected chi connectivity index (χ4v) is 1.56. The lowest BCUT2D eigenvalue weighted by atomic mass is 10.00. The fraction of sp³-hybridized carbons (Fsp3) is 1.00. The van der Waals surface area contributed by atoms with Gasteiger partial charge in [0.1, 0.15) is 18.2 Å². The van der Waals surface area contributed by atoms with Gasteiger partial charge in [0.15, 0.2) is 6.29 Å². The van der Waals surface area contributed by atoms with E-state index in [1.165, 1.54) is 0 Å². The van der Waals surface area contributed by atoms with E-state index < -0.39 is 30.6 Å². The Balaban J connectivity index is 2.21. The van der Waals surface area contributed by atoms with Gasteiger partial charge in [-0.3, -0.25) is 0 Å². The number of aliphatic hydroxyl groups is 2. The zero-order valence-corrected chi connectivity index (χ0v) is 6.65. The van der Waals surface area contributed by atoms with Crippen molar-refractivity contribution in [2.75, 3.05) is 6.61 Å². The summed E-state index contributed by atoms with van der Waals surface area (Å²) < 4.78 is 10.2. The van der Waals surface area contributed by atoms with Gasteiger partial charge in [-0.1, -0.05) is 5.11 Å². The SMILES string of the molecule is [N-]=[N+]=NC1C2OCC(O2)C(O)C1O. The van der Waals surface area contributed by atoms with Crippen molar-refractivity contribution in [1.82, 2.24) is 0 Å². The Morgan fingerprint density at radius 2 is 2.15 bits per heavy atom. The van der Waals surface area contributed by atoms with Crippen LogP contribution in [0.15, 0.2) is 5.11 Å². The minimum Gasteiger partial charge on any atom is -0.390 e. The summed E-state index contributed by atoms with van der Waals surface area (Å²) in [5, 5.41) is 22.2. The molecule has 2 aliphatic heterocycles. The van der Waals surface area contributed by atoms with E-state index in [4.69, 9.17) is 15.0 Å². The number of hydrogen-bond acceptors (Lipinski definition) is 5. The smallest absolute Gasteiger partial charge is 0.169 e. The number of rotatable bonds is 1. The van der Waals surface area contributed by atoms with Crippen LogP contribution in [-0.4, -0.2) is 47.5 Å². The van der Waals surface area contributed by atoms with Gasteiger partial charge in [0.2, 0.25) is 0 Å². The Labute approximate surface area is 73.5 Å². The first kappa shape index (κ1) is 8.74. The summed E-state index contributed by atoms with van der Waals surface area (Å²) in [6, 6.07) is -0.862. The van der Waals surface area contributed by atoms with Gasteiger partial charge >= 0.3 is 0 Å². The second-order valence-electron chi connectivity index (χ2n) is 3.05. The van der Waals surface area contributed by atoms with Gasteiger partial charge in [0.25, 0.3) is 0 Å². The number of fused-ring (bicyclic) bond motifs is 2. The van der Waals surface area contributed by atoms with Crippen molar-refractivity contribution in [3.63, 3.8) is 0 Å². The summed E-state index contributed by atoms with van der Waals surface area (Å²) >= 11 is 0. The Kier molecular flexibility index (Phi) is 2.10. The van der Waals surface area contributed by atoms with Crippen molar-refractivity contribution in [1.29, 1.82) is 0 Å². The van der Waals surface area contributed by atoms with E-state index in [1.807, 2.05) is 0 Å². The maximum atomic E-state index is 9.47. The third-order valence-corrected chi connectivity index (χ3v) is 2.28. The molecular weight excluding hydrogens is 178 g/mol. The fourth-order valence-electron chi connectivity index (χ4n) is 1.56. The molecule has 2 rings (SSSR count). The van der Waals surface area contributed by atoms with Crippen LogP contribution >= 0.6 is 0 Å². The van der Waals surface area contributed by atoms with Crippen LogP contribution < -0.4 is 0 Å². The Hall–Kier alpha value is -0.850. The molecule has 0 aromatic carbocycles. The van der Waals surface area contributed by atoms with Crippen molar-refractivity contribution in [3.8, 4) is 0 Å². The van der Waals surface area contributed by atoms with Crippen molar-refractivity contribution in [3.05, 3.63) is 10.4 Å². The van der Waals surface area contributed by atoms with Gasteiger partial charge in [0, 0.05) is 4.91 Å². The summed E-state index contributed by atoms with van der Waals surface area (Å²) in [6.07, 6.45) is -3.39. The van der Waals surface area contributed by atoms with Crippen LogP contribution in [0.4, 0.5) is 0 Å². The number of aliphatic hydroxyl groups excluding tert-OH is 2. The van der Waals surface area contributed by atoms with Crippen molar-refractivity contribution in [2.24, 2.45) is 5.11 Å². The number of hydrogen-bond donors (Lipinski definition) is 2. The molecule has 5 atom stereocenters. The number of nitrogens with zero attached hydrogens (tertiary/aromatic N) is 3. The van der Waals surface area contributed by atoms with E-state index in [0.29, 0.717) is 0 Å². The molecule has 13 heavy (non-hydrogen) atoms. The van der Waals surface area contributed by atoms with Crippen LogP contribution in [0.3, 0.4) is 0 Å². The van der Waals surface area contributed by atoms with E-state index >= 15 is 0 Å². The maximum Gasteiger partial charge on any atom is 0.169 e. The summed E-state index contributed by atoms with van der Waals surface area (Å²) in [6.45, 7) is 0.223. The monoisotopic (exact) mass is 187 g/mol. The van der Waals surface area contributed by atoms with Crippen LogP contribution in [0.5, 0.6) is 0 Å². The van der Waals surface area contributed by atoms with Crippen molar-refractivity contribution < 1.29 is 19.7 Å². The molecule has 0 spiro atoms. The molecule has 7 heteroatoms. The average Bonchev–Trinajstić information content (AvgIpc) is 2.56. The molecule has 0 amide bonds. The predicted molar refractivity (Wildman–Crippen MR) is 39.6 cm³/mol. The van der Waals surface area contributed by atoms with E-state index in [9.17, 15) is 10.2 Å². The second-order valence-corrected chi connectivity index (χ2v) is 3.05. The van der Waals surface area contributed by atoms with Crippen LogP contribution in [0, 0.1) is 0 Å². The van der Waals surface area contributed by atoms with Gasteiger partial charge < -0.3 is 19.7 Å². The normalized spacial score (nSPS) is 48.6. The highest BCUT2D eigenvalue weighted by Gasteiger charge is 2.49. The van der Waals surface area contributed by atoms with Gasteiger partial charge in [-0.25, -0.2) is 0 Å². The third-order valence-electron chi connectivity index (χ3n) is 2.28. The highest BCUT2D eigenvalue weighted by molar-refractivity contribution is 4.96. The lowest BCUT2D eigenvalue weighted by Crippen LogP contribution is -2.52. The molecule has 2 fully saturated rings. The maximum absolute atomic E-state index is 9.47. The first-order valence-corrected chi connectivity index (χ1v) is 3.91. The zero-order valence-electron chi connectivity index (χ0n) is 6.65. The van der Waals surface area contributed by atoms with Crippen LogP contribution in [0.1, 0.15) is 0 Å². The minimum atomic E-state index is -1.11. The predicted octanol–water partition coefficient (Wildman–Crippen LogP) is -0.858. The number of ether oxygens (including phenoxy) is 2. The third kappa shape index (κ3) is 1.27. The molecule has 5 unspecified atom stereocenters. The first-order valence-electron chi connectivity index (χ1n) is 3.91. The molecular formula is C6H9N3O4. The summed E-state index contributed by atoms with van der Waals surface area (Å²) in [5.41, 5.74) is 8.20. The Bertz CT molecular complexity index is 254. The first-order chi connectivity index (χ1) is 6.24. The molecule has 2 aliphatic rings. The quantitative estimate of drug-likeness (QED) is 0.316. The second kappa shape index (κ2) is 3.13. The molecule has 0 aromatic rings. The molecule has 2 heterocycles. The highest BCUT2D eigenvalue weighted by atomic mass is 16.7. The lowest BCUT2D eigenvalue weighted by Gasteiger charge is -2.32. The van der Waals surface area contributed by atoms with E-state index in [-0.39, 0.29) is 6.61 Å². The molecule has 0 aliphatic carbocycles. The Morgan fingerprint density at radius 1 is 1.38 bits per heavy atom. The topological polar surface area (TPSA) is 108 Å². The molecule has 2 N–H and O–H groups in total. The van der Waals surface area contributed by atoms with Crippen molar-refractivity contribution >= 4 is 0 Å². The summed E-state index contributed by atoms with van der Waals surface area (Å²) in [5.74, 6) is 0. The van der Waals surface area contributed by atoms with Crippen molar-refractivity contribution in [2.45, 2.75) is 30.6 Å². The lowest BCUT2D eigenvalue weighted by molar-refractivity contribution is -0.177. The van der Waals surface area contributed by atoms with Crippen LogP contribution in [0.25, 0.3) is 10.4 Å². The minimum absolute atomic E-state index is 0.223. The number of azide groups is 1. The molecule has 0 aromatic heterocycles. The highest BCUT2D eigenvalue weighted by Crippen LogP contribution is 2.29. The molecule has 0 saturated carbocycles. The Morgan fingerprint density at radius 3 is 2.85 bits per heavy atom. The van der Waals surface area contributed by atoms with Crippen LogP contribution in [-0.2, 0) is 9.47 Å². The van der Waals surface area contributed by atoms with Crippen LogP contribution in [0.2, 0.25) is 0 Å².